The lowest BCUT2D eigenvalue weighted by atomic mass is 9.77. The van der Waals surface area contributed by atoms with E-state index in [9.17, 15) is 5.11 Å². The van der Waals surface area contributed by atoms with Crippen molar-refractivity contribution >= 4 is 0 Å². The maximum atomic E-state index is 10.8. The molecule has 16 heavy (non-hydrogen) atoms. The maximum Gasteiger partial charge on any atom is 0.0946 e. The minimum absolute atomic E-state index is 0.266. The summed E-state index contributed by atoms with van der Waals surface area (Å²) < 4.78 is 0. The molecule has 2 N–H and O–H groups in total. The summed E-state index contributed by atoms with van der Waals surface area (Å²) in [5.41, 5.74) is 2.89. The second-order valence-electron chi connectivity index (χ2n) is 5.16. The fraction of sp³-hybridized carbons (Fsp3) is 0.571. The molecule has 1 saturated heterocycles. The molecule has 1 heterocycles. The smallest absolute Gasteiger partial charge is 0.0946 e. The fourth-order valence-electron chi connectivity index (χ4n) is 2.67. The van der Waals surface area contributed by atoms with Gasteiger partial charge in [0, 0.05) is 12.5 Å². The van der Waals surface area contributed by atoms with Crippen LogP contribution in [-0.2, 0) is 5.60 Å². The Labute approximate surface area is 97.7 Å². The van der Waals surface area contributed by atoms with Gasteiger partial charge in [-0.2, -0.15) is 0 Å². The predicted octanol–water partition coefficient (Wildman–Crippen LogP) is 2.12. The molecule has 2 nitrogen and oxygen atoms in total. The van der Waals surface area contributed by atoms with E-state index in [-0.39, 0.29) is 5.92 Å². The molecular weight excluding hydrogens is 198 g/mol. The summed E-state index contributed by atoms with van der Waals surface area (Å²) in [5, 5.41) is 14.1. The Morgan fingerprint density at radius 3 is 2.44 bits per heavy atom. The molecule has 2 unspecified atom stereocenters. The zero-order chi connectivity index (χ0) is 11.8. The summed E-state index contributed by atoms with van der Waals surface area (Å²) in [6.07, 6.45) is 0.803. The van der Waals surface area contributed by atoms with Crippen molar-refractivity contribution in [3.05, 3.63) is 34.9 Å². The number of piperidine rings is 1. The summed E-state index contributed by atoms with van der Waals surface area (Å²) in [7, 11) is 0. The second kappa shape index (κ2) is 4.19. The molecule has 0 bridgehead atoms. The van der Waals surface area contributed by atoms with Gasteiger partial charge in [0.2, 0.25) is 0 Å². The van der Waals surface area contributed by atoms with E-state index in [1.807, 2.05) is 0 Å². The van der Waals surface area contributed by atoms with Crippen LogP contribution in [0.5, 0.6) is 0 Å². The lowest BCUT2D eigenvalue weighted by Crippen LogP contribution is -2.46. The molecule has 88 valence electrons. The average molecular weight is 219 g/mol. The molecule has 0 saturated carbocycles. The molecule has 1 aliphatic rings. The minimum atomic E-state index is -0.651. The quantitative estimate of drug-likeness (QED) is 0.758. The first-order valence-corrected chi connectivity index (χ1v) is 6.04. The van der Waals surface area contributed by atoms with Gasteiger partial charge in [0.25, 0.3) is 0 Å². The average Bonchev–Trinajstić information content (AvgIpc) is 2.21. The molecule has 1 aliphatic heterocycles. The Balaban J connectivity index is 2.40. The first kappa shape index (κ1) is 11.6. The number of hydrogen-bond donors (Lipinski definition) is 2. The van der Waals surface area contributed by atoms with Crippen molar-refractivity contribution in [3.8, 4) is 0 Å². The number of nitrogens with one attached hydrogen (secondary N) is 1. The monoisotopic (exact) mass is 219 g/mol. The van der Waals surface area contributed by atoms with Crippen LogP contribution in [0.3, 0.4) is 0 Å². The van der Waals surface area contributed by atoms with Crippen molar-refractivity contribution in [2.45, 2.75) is 32.8 Å². The van der Waals surface area contributed by atoms with Crippen LogP contribution in [-0.4, -0.2) is 18.2 Å². The number of hydrogen-bond acceptors (Lipinski definition) is 2. The SMILES string of the molecule is Cc1cc(C)cc(C2(O)CCNCC2C)c1. The molecule has 0 aromatic heterocycles. The van der Waals surface area contributed by atoms with Crippen LogP contribution in [0, 0.1) is 19.8 Å². The lowest BCUT2D eigenvalue weighted by molar-refractivity contribution is -0.0393. The zero-order valence-electron chi connectivity index (χ0n) is 10.4. The van der Waals surface area contributed by atoms with Crippen molar-refractivity contribution in [3.63, 3.8) is 0 Å². The van der Waals surface area contributed by atoms with Gasteiger partial charge in [-0.1, -0.05) is 36.2 Å². The summed E-state index contributed by atoms with van der Waals surface area (Å²) in [5.74, 6) is 0.266. The van der Waals surface area contributed by atoms with Crippen LogP contribution in [0.2, 0.25) is 0 Å². The van der Waals surface area contributed by atoms with E-state index in [0.29, 0.717) is 0 Å². The molecule has 1 aromatic carbocycles. The zero-order valence-corrected chi connectivity index (χ0v) is 10.4. The number of aliphatic hydroxyl groups is 1. The number of aryl methyl sites for hydroxylation is 2. The van der Waals surface area contributed by atoms with Crippen LogP contribution in [0.25, 0.3) is 0 Å². The lowest BCUT2D eigenvalue weighted by Gasteiger charge is -2.39. The highest BCUT2D eigenvalue weighted by molar-refractivity contribution is 5.33. The van der Waals surface area contributed by atoms with Gasteiger partial charge >= 0.3 is 0 Å². The second-order valence-corrected chi connectivity index (χ2v) is 5.16. The van der Waals surface area contributed by atoms with Crippen LogP contribution in [0.15, 0.2) is 18.2 Å². The molecule has 0 radical (unpaired) electrons. The van der Waals surface area contributed by atoms with E-state index in [4.69, 9.17) is 0 Å². The molecule has 0 amide bonds. The molecule has 2 atom stereocenters. The van der Waals surface area contributed by atoms with E-state index in [0.717, 1.165) is 25.1 Å². The standard InChI is InChI=1S/C14H21NO/c1-10-6-11(2)8-13(7-10)14(16)4-5-15-9-12(14)3/h6-8,12,15-16H,4-5,9H2,1-3H3. The third kappa shape index (κ3) is 2.00. The Kier molecular flexibility index (Phi) is 3.04. The van der Waals surface area contributed by atoms with E-state index in [2.05, 4.69) is 44.3 Å². The summed E-state index contributed by atoms with van der Waals surface area (Å²) >= 11 is 0. The topological polar surface area (TPSA) is 32.3 Å². The summed E-state index contributed by atoms with van der Waals surface area (Å²) in [6.45, 7) is 8.08. The van der Waals surface area contributed by atoms with Crippen LogP contribution in [0.1, 0.15) is 30.0 Å². The van der Waals surface area contributed by atoms with Crippen LogP contribution >= 0.6 is 0 Å². The first-order valence-electron chi connectivity index (χ1n) is 6.04. The van der Waals surface area contributed by atoms with Crippen LogP contribution < -0.4 is 5.32 Å². The van der Waals surface area contributed by atoms with Crippen LogP contribution in [0.4, 0.5) is 0 Å². The van der Waals surface area contributed by atoms with Crippen molar-refractivity contribution in [2.24, 2.45) is 5.92 Å². The van der Waals surface area contributed by atoms with Gasteiger partial charge in [-0.25, -0.2) is 0 Å². The van der Waals surface area contributed by atoms with Gasteiger partial charge in [0.05, 0.1) is 5.60 Å². The molecular formula is C14H21NO. The molecule has 2 heteroatoms. The van der Waals surface area contributed by atoms with E-state index < -0.39 is 5.60 Å². The fourth-order valence-corrected chi connectivity index (χ4v) is 2.67. The molecule has 1 fully saturated rings. The minimum Gasteiger partial charge on any atom is -0.385 e. The van der Waals surface area contributed by atoms with Crippen molar-refractivity contribution in [2.75, 3.05) is 13.1 Å². The number of benzene rings is 1. The van der Waals surface area contributed by atoms with Crippen molar-refractivity contribution in [1.82, 2.24) is 5.32 Å². The molecule has 2 rings (SSSR count). The maximum absolute atomic E-state index is 10.8. The molecule has 1 aromatic rings. The highest BCUT2D eigenvalue weighted by Crippen LogP contribution is 2.35. The Hall–Kier alpha value is -0.860. The predicted molar refractivity (Wildman–Crippen MR) is 66.5 cm³/mol. The van der Waals surface area contributed by atoms with Gasteiger partial charge in [0.1, 0.15) is 0 Å². The van der Waals surface area contributed by atoms with Crippen molar-refractivity contribution < 1.29 is 5.11 Å². The largest absolute Gasteiger partial charge is 0.385 e. The Morgan fingerprint density at radius 2 is 1.88 bits per heavy atom. The highest BCUT2D eigenvalue weighted by Gasteiger charge is 2.37. The highest BCUT2D eigenvalue weighted by atomic mass is 16.3. The number of rotatable bonds is 1. The summed E-state index contributed by atoms with van der Waals surface area (Å²) in [4.78, 5) is 0. The van der Waals surface area contributed by atoms with E-state index >= 15 is 0 Å². The Morgan fingerprint density at radius 1 is 1.25 bits per heavy atom. The van der Waals surface area contributed by atoms with Gasteiger partial charge in [-0.15, -0.1) is 0 Å². The third-order valence-electron chi connectivity index (χ3n) is 3.67. The van der Waals surface area contributed by atoms with E-state index in [1.165, 1.54) is 11.1 Å². The van der Waals surface area contributed by atoms with Gasteiger partial charge in [0.15, 0.2) is 0 Å². The summed E-state index contributed by atoms with van der Waals surface area (Å²) in [6, 6.07) is 6.39. The van der Waals surface area contributed by atoms with E-state index in [1.54, 1.807) is 0 Å². The van der Waals surface area contributed by atoms with Gasteiger partial charge < -0.3 is 10.4 Å². The third-order valence-corrected chi connectivity index (χ3v) is 3.67. The molecule has 0 aliphatic carbocycles. The molecule has 0 spiro atoms. The normalized spacial score (nSPS) is 30.4. The van der Waals surface area contributed by atoms with Crippen molar-refractivity contribution in [1.29, 1.82) is 0 Å². The van der Waals surface area contributed by atoms with Gasteiger partial charge in [-0.3, -0.25) is 0 Å². The van der Waals surface area contributed by atoms with Gasteiger partial charge in [-0.05, 0) is 32.4 Å². The Bertz CT molecular complexity index is 368. The first-order chi connectivity index (χ1) is 7.52.